The molecule has 0 spiro atoms. The van der Waals surface area contributed by atoms with Gasteiger partial charge in [-0.3, -0.25) is 0 Å². The average Bonchev–Trinajstić information content (AvgIpc) is 3.09. The van der Waals surface area contributed by atoms with Crippen molar-refractivity contribution < 1.29 is 0 Å². The van der Waals surface area contributed by atoms with E-state index in [-0.39, 0.29) is 0 Å². The van der Waals surface area contributed by atoms with Gasteiger partial charge in [0.15, 0.2) is 0 Å². The zero-order chi connectivity index (χ0) is 32.6. The monoisotopic (exact) mass is 607 g/mol. The Morgan fingerprint density at radius 1 is 0.426 bits per heavy atom. The third-order valence-corrected chi connectivity index (χ3v) is 8.40. The minimum absolute atomic E-state index is 1.10. The molecule has 0 aliphatic carbocycles. The third-order valence-electron chi connectivity index (χ3n) is 8.40. The van der Waals surface area contributed by atoms with Gasteiger partial charge in [-0.05, 0) is 85.4 Å². The van der Waals surface area contributed by atoms with Crippen molar-refractivity contribution in [3.63, 3.8) is 0 Å². The Balaban J connectivity index is 1.36. The normalized spacial score (nSPS) is 10.9. The summed E-state index contributed by atoms with van der Waals surface area (Å²) in [6, 6.07) is 54.4. The lowest BCUT2D eigenvalue weighted by Crippen LogP contribution is -2.10. The highest BCUT2D eigenvalue weighted by Gasteiger charge is 2.12. The molecule has 0 aromatic heterocycles. The van der Waals surface area contributed by atoms with Crippen LogP contribution in [0.5, 0.6) is 0 Å². The molecule has 1 heteroatoms. The van der Waals surface area contributed by atoms with Gasteiger partial charge in [-0.2, -0.15) is 0 Å². The van der Waals surface area contributed by atoms with Crippen LogP contribution in [0.3, 0.4) is 0 Å². The first-order chi connectivity index (χ1) is 22.9. The topological polar surface area (TPSA) is 3.24 Å². The molecule has 0 atom stereocenters. The van der Waals surface area contributed by atoms with Gasteiger partial charge in [-0.1, -0.05) is 168 Å². The second-order valence-corrected chi connectivity index (χ2v) is 12.3. The van der Waals surface area contributed by atoms with Gasteiger partial charge in [0, 0.05) is 23.1 Å². The standard InChI is InChI=1S/C46H41N/c1-34-19-25-39(26-20-34)46(40-27-21-35(2)22-28-40)33-47(43-16-6-5-7-17-43)44-29-23-38(24-30-44)13-10-18-45(41-14-8-11-36(3)31-41)42-15-9-12-37(4)32-42/h5-33H,1-4H3. The number of rotatable bonds is 9. The molecule has 0 unspecified atom stereocenters. The van der Waals surface area contributed by atoms with E-state index in [1.807, 2.05) is 0 Å². The summed E-state index contributed by atoms with van der Waals surface area (Å²) in [4.78, 5) is 2.29. The molecule has 1 nitrogen and oxygen atoms in total. The molecule has 0 radical (unpaired) electrons. The second-order valence-electron chi connectivity index (χ2n) is 12.3. The van der Waals surface area contributed by atoms with Crippen molar-refractivity contribution in [3.8, 4) is 0 Å². The number of aryl methyl sites for hydroxylation is 4. The summed E-state index contributed by atoms with van der Waals surface area (Å²) in [5.41, 5.74) is 15.6. The zero-order valence-electron chi connectivity index (χ0n) is 27.7. The van der Waals surface area contributed by atoms with Crippen LogP contribution in [-0.2, 0) is 0 Å². The van der Waals surface area contributed by atoms with Crippen LogP contribution in [0.25, 0.3) is 17.2 Å². The first-order valence-corrected chi connectivity index (χ1v) is 16.3. The Morgan fingerprint density at radius 3 is 1.45 bits per heavy atom. The number of benzene rings is 6. The molecular weight excluding hydrogens is 567 g/mol. The largest absolute Gasteiger partial charge is 0.317 e. The van der Waals surface area contributed by atoms with Crippen LogP contribution >= 0.6 is 0 Å². The number of allylic oxidation sites excluding steroid dienone is 2. The van der Waals surface area contributed by atoms with Gasteiger partial charge in [0.2, 0.25) is 0 Å². The van der Waals surface area contributed by atoms with E-state index in [0.717, 1.165) is 16.9 Å². The molecule has 0 saturated heterocycles. The van der Waals surface area contributed by atoms with Gasteiger partial charge in [0.05, 0.1) is 0 Å². The fourth-order valence-electron chi connectivity index (χ4n) is 5.78. The number of anilines is 2. The number of hydrogen-bond donors (Lipinski definition) is 0. The fourth-order valence-corrected chi connectivity index (χ4v) is 5.78. The van der Waals surface area contributed by atoms with Crippen molar-refractivity contribution in [3.05, 3.63) is 220 Å². The van der Waals surface area contributed by atoms with Gasteiger partial charge >= 0.3 is 0 Å². The Morgan fingerprint density at radius 2 is 0.936 bits per heavy atom. The van der Waals surface area contributed by atoms with Crippen molar-refractivity contribution in [1.29, 1.82) is 0 Å². The van der Waals surface area contributed by atoms with Crippen molar-refractivity contribution in [1.82, 2.24) is 0 Å². The second kappa shape index (κ2) is 14.6. The van der Waals surface area contributed by atoms with Crippen LogP contribution in [0.15, 0.2) is 170 Å². The molecule has 6 aromatic rings. The predicted octanol–water partition coefficient (Wildman–Crippen LogP) is 12.3. The molecule has 0 saturated carbocycles. The van der Waals surface area contributed by atoms with Crippen molar-refractivity contribution in [2.45, 2.75) is 27.7 Å². The number of para-hydroxylation sites is 1. The SMILES string of the molecule is Cc1ccc(C(=CN(c2ccccc2)c2ccc(C=CC=C(c3cccc(C)c3)c3cccc(C)c3)cc2)c2ccc(C)cc2)cc1. The van der Waals surface area contributed by atoms with E-state index in [4.69, 9.17) is 0 Å². The maximum absolute atomic E-state index is 2.29. The summed E-state index contributed by atoms with van der Waals surface area (Å²) in [5.74, 6) is 0. The van der Waals surface area contributed by atoms with Crippen LogP contribution in [0.1, 0.15) is 50.1 Å². The smallest absolute Gasteiger partial charge is 0.0456 e. The van der Waals surface area contributed by atoms with E-state index in [1.54, 1.807) is 0 Å². The molecule has 6 aromatic carbocycles. The minimum atomic E-state index is 1.10. The minimum Gasteiger partial charge on any atom is -0.317 e. The summed E-state index contributed by atoms with van der Waals surface area (Å²) < 4.78 is 0. The van der Waals surface area contributed by atoms with Gasteiger partial charge in [-0.15, -0.1) is 0 Å². The van der Waals surface area contributed by atoms with Crippen molar-refractivity contribution in [2.24, 2.45) is 0 Å². The summed E-state index contributed by atoms with van der Waals surface area (Å²) in [6.45, 7) is 8.56. The summed E-state index contributed by atoms with van der Waals surface area (Å²) in [6.07, 6.45) is 8.85. The maximum Gasteiger partial charge on any atom is 0.0456 e. The average molecular weight is 608 g/mol. The van der Waals surface area contributed by atoms with E-state index in [0.29, 0.717) is 0 Å². The van der Waals surface area contributed by atoms with Crippen LogP contribution < -0.4 is 4.90 Å². The quantitative estimate of drug-likeness (QED) is 0.148. The molecule has 0 bridgehead atoms. The Labute approximate surface area is 280 Å². The molecule has 0 fully saturated rings. The van der Waals surface area contributed by atoms with Crippen LogP contribution in [0.4, 0.5) is 11.4 Å². The van der Waals surface area contributed by atoms with Crippen LogP contribution in [0.2, 0.25) is 0 Å². The highest BCUT2D eigenvalue weighted by molar-refractivity contribution is 5.85. The molecule has 0 N–H and O–H groups in total. The van der Waals surface area contributed by atoms with E-state index in [1.165, 1.54) is 55.7 Å². The molecule has 0 amide bonds. The molecule has 0 aliphatic rings. The lowest BCUT2D eigenvalue weighted by atomic mass is 9.95. The van der Waals surface area contributed by atoms with Gasteiger partial charge in [0.25, 0.3) is 0 Å². The third kappa shape index (κ3) is 7.95. The lowest BCUT2D eigenvalue weighted by Gasteiger charge is -2.23. The summed E-state index contributed by atoms with van der Waals surface area (Å²) >= 11 is 0. The summed E-state index contributed by atoms with van der Waals surface area (Å²) in [5, 5.41) is 0. The number of nitrogens with zero attached hydrogens (tertiary/aromatic N) is 1. The molecule has 0 aliphatic heterocycles. The Hall–Kier alpha value is -5.66. The molecule has 6 rings (SSSR count). The fraction of sp³-hybridized carbons (Fsp3) is 0.0870. The van der Waals surface area contributed by atoms with Crippen LogP contribution in [0, 0.1) is 27.7 Å². The van der Waals surface area contributed by atoms with E-state index in [2.05, 4.69) is 209 Å². The molecule has 230 valence electrons. The van der Waals surface area contributed by atoms with Gasteiger partial charge in [0.1, 0.15) is 0 Å². The maximum atomic E-state index is 2.29. The molecule has 0 heterocycles. The first kappa shape index (κ1) is 31.3. The Kier molecular flexibility index (Phi) is 9.75. The lowest BCUT2D eigenvalue weighted by molar-refractivity contribution is 1.28. The van der Waals surface area contributed by atoms with Crippen molar-refractivity contribution >= 4 is 28.6 Å². The molecular formula is C46H41N. The van der Waals surface area contributed by atoms with Crippen LogP contribution in [-0.4, -0.2) is 0 Å². The highest BCUT2D eigenvalue weighted by Crippen LogP contribution is 2.32. The van der Waals surface area contributed by atoms with E-state index < -0.39 is 0 Å². The Bertz CT molecular complexity index is 1930. The van der Waals surface area contributed by atoms with Gasteiger partial charge in [-0.25, -0.2) is 0 Å². The number of hydrogen-bond acceptors (Lipinski definition) is 1. The zero-order valence-corrected chi connectivity index (χ0v) is 27.7. The highest BCUT2D eigenvalue weighted by atomic mass is 15.1. The van der Waals surface area contributed by atoms with Crippen molar-refractivity contribution in [2.75, 3.05) is 4.90 Å². The molecule has 47 heavy (non-hydrogen) atoms. The van der Waals surface area contributed by atoms with E-state index >= 15 is 0 Å². The predicted molar refractivity (Wildman–Crippen MR) is 203 cm³/mol. The summed E-state index contributed by atoms with van der Waals surface area (Å²) in [7, 11) is 0. The van der Waals surface area contributed by atoms with E-state index in [9.17, 15) is 0 Å². The van der Waals surface area contributed by atoms with Gasteiger partial charge < -0.3 is 4.90 Å². The first-order valence-electron chi connectivity index (χ1n) is 16.3.